The lowest BCUT2D eigenvalue weighted by molar-refractivity contribution is -0.126. The Kier molecular flexibility index (Phi) is 3.97. The predicted octanol–water partition coefficient (Wildman–Crippen LogP) is 2.88. The molecule has 0 atom stereocenters. The standard InChI is InChI=1S/C15H20N2O3/c1-15(7-3-2-4-8-15)14(20)17-12-9-10(16)5-6-11(12)13(18)19/h5-6,9H,2-4,7-8,16H2,1H3,(H,17,20)(H,18,19). The number of aromatic carboxylic acids is 1. The Morgan fingerprint density at radius 2 is 1.90 bits per heavy atom. The van der Waals surface area contributed by atoms with Crippen molar-refractivity contribution in [1.82, 2.24) is 0 Å². The van der Waals surface area contributed by atoms with Gasteiger partial charge in [-0.1, -0.05) is 26.2 Å². The molecular weight excluding hydrogens is 256 g/mol. The van der Waals surface area contributed by atoms with Crippen molar-refractivity contribution in [3.8, 4) is 0 Å². The third-order valence-electron chi connectivity index (χ3n) is 4.03. The second-order valence-corrected chi connectivity index (χ2v) is 5.69. The van der Waals surface area contributed by atoms with Gasteiger partial charge in [0.2, 0.25) is 5.91 Å². The average molecular weight is 276 g/mol. The molecule has 5 heteroatoms. The summed E-state index contributed by atoms with van der Waals surface area (Å²) in [5.74, 6) is -1.20. The summed E-state index contributed by atoms with van der Waals surface area (Å²) < 4.78 is 0. The highest BCUT2D eigenvalue weighted by Crippen LogP contribution is 2.37. The van der Waals surface area contributed by atoms with E-state index in [9.17, 15) is 9.59 Å². The van der Waals surface area contributed by atoms with E-state index in [4.69, 9.17) is 10.8 Å². The van der Waals surface area contributed by atoms with E-state index in [0.29, 0.717) is 5.69 Å². The first-order chi connectivity index (χ1) is 9.42. The summed E-state index contributed by atoms with van der Waals surface area (Å²) in [6, 6.07) is 4.42. The Balaban J connectivity index is 2.23. The number of hydrogen-bond donors (Lipinski definition) is 3. The van der Waals surface area contributed by atoms with E-state index < -0.39 is 11.4 Å². The van der Waals surface area contributed by atoms with Gasteiger partial charge in [0.25, 0.3) is 0 Å². The molecule has 4 N–H and O–H groups in total. The van der Waals surface area contributed by atoms with Crippen molar-refractivity contribution >= 4 is 23.3 Å². The van der Waals surface area contributed by atoms with Crippen LogP contribution >= 0.6 is 0 Å². The molecule has 1 aromatic rings. The molecule has 0 unspecified atom stereocenters. The van der Waals surface area contributed by atoms with Crippen LogP contribution in [0.1, 0.15) is 49.4 Å². The monoisotopic (exact) mass is 276 g/mol. The molecule has 0 radical (unpaired) electrons. The van der Waals surface area contributed by atoms with Crippen molar-refractivity contribution in [2.24, 2.45) is 5.41 Å². The lowest BCUT2D eigenvalue weighted by Gasteiger charge is -2.32. The largest absolute Gasteiger partial charge is 0.478 e. The van der Waals surface area contributed by atoms with Crippen LogP contribution in [-0.2, 0) is 4.79 Å². The molecule has 2 rings (SSSR count). The number of benzene rings is 1. The minimum Gasteiger partial charge on any atom is -0.478 e. The molecule has 1 saturated carbocycles. The highest BCUT2D eigenvalue weighted by Gasteiger charge is 2.34. The molecule has 0 heterocycles. The maximum Gasteiger partial charge on any atom is 0.337 e. The van der Waals surface area contributed by atoms with Crippen LogP contribution in [0.2, 0.25) is 0 Å². The van der Waals surface area contributed by atoms with E-state index in [1.165, 1.54) is 18.2 Å². The average Bonchev–Trinajstić information content (AvgIpc) is 2.39. The number of hydrogen-bond acceptors (Lipinski definition) is 3. The summed E-state index contributed by atoms with van der Waals surface area (Å²) in [6.45, 7) is 1.94. The molecular formula is C15H20N2O3. The number of nitrogens with one attached hydrogen (secondary N) is 1. The first-order valence-corrected chi connectivity index (χ1v) is 6.87. The summed E-state index contributed by atoms with van der Waals surface area (Å²) >= 11 is 0. The van der Waals surface area contributed by atoms with Crippen molar-refractivity contribution in [1.29, 1.82) is 0 Å². The molecule has 1 amide bonds. The van der Waals surface area contributed by atoms with Crippen molar-refractivity contribution in [3.05, 3.63) is 23.8 Å². The topological polar surface area (TPSA) is 92.4 Å². The Labute approximate surface area is 118 Å². The van der Waals surface area contributed by atoms with Crippen molar-refractivity contribution in [3.63, 3.8) is 0 Å². The molecule has 1 aliphatic rings. The number of anilines is 2. The number of carboxylic acid groups (broad SMARTS) is 1. The van der Waals surface area contributed by atoms with Crippen molar-refractivity contribution in [2.45, 2.75) is 39.0 Å². The van der Waals surface area contributed by atoms with Crippen LogP contribution in [0.15, 0.2) is 18.2 Å². The first-order valence-electron chi connectivity index (χ1n) is 6.87. The zero-order valence-corrected chi connectivity index (χ0v) is 11.6. The van der Waals surface area contributed by atoms with E-state index in [2.05, 4.69) is 5.32 Å². The van der Waals surface area contributed by atoms with Gasteiger partial charge in [-0.05, 0) is 31.0 Å². The highest BCUT2D eigenvalue weighted by atomic mass is 16.4. The smallest absolute Gasteiger partial charge is 0.337 e. The van der Waals surface area contributed by atoms with Gasteiger partial charge in [-0.25, -0.2) is 4.79 Å². The van der Waals surface area contributed by atoms with Crippen molar-refractivity contribution < 1.29 is 14.7 Å². The van der Waals surface area contributed by atoms with E-state index in [1.54, 1.807) is 0 Å². The Bertz CT molecular complexity index is 534. The fourth-order valence-electron chi connectivity index (χ4n) is 2.68. The van der Waals surface area contributed by atoms with Crippen LogP contribution in [0.4, 0.5) is 11.4 Å². The zero-order valence-electron chi connectivity index (χ0n) is 11.6. The second kappa shape index (κ2) is 5.53. The second-order valence-electron chi connectivity index (χ2n) is 5.69. The van der Waals surface area contributed by atoms with Gasteiger partial charge < -0.3 is 16.2 Å². The molecule has 0 aromatic heterocycles. The van der Waals surface area contributed by atoms with E-state index in [1.807, 2.05) is 6.92 Å². The van der Waals surface area contributed by atoms with Gasteiger partial charge in [0, 0.05) is 11.1 Å². The van der Waals surface area contributed by atoms with Crippen LogP contribution in [0.5, 0.6) is 0 Å². The quantitative estimate of drug-likeness (QED) is 0.740. The van der Waals surface area contributed by atoms with E-state index >= 15 is 0 Å². The number of nitrogens with two attached hydrogens (primary N) is 1. The normalized spacial score (nSPS) is 17.4. The van der Waals surface area contributed by atoms with Crippen LogP contribution in [0.3, 0.4) is 0 Å². The Morgan fingerprint density at radius 3 is 2.50 bits per heavy atom. The predicted molar refractivity (Wildman–Crippen MR) is 77.6 cm³/mol. The highest BCUT2D eigenvalue weighted by molar-refractivity contribution is 6.02. The number of rotatable bonds is 3. The van der Waals surface area contributed by atoms with Gasteiger partial charge in [-0.3, -0.25) is 4.79 Å². The van der Waals surface area contributed by atoms with Crippen LogP contribution in [0.25, 0.3) is 0 Å². The summed E-state index contributed by atoms with van der Waals surface area (Å²) in [5, 5.41) is 11.9. The van der Waals surface area contributed by atoms with Gasteiger partial charge >= 0.3 is 5.97 Å². The third kappa shape index (κ3) is 2.92. The van der Waals surface area contributed by atoms with Gasteiger partial charge in [-0.2, -0.15) is 0 Å². The number of carbonyl (C=O) groups excluding carboxylic acids is 1. The molecule has 5 nitrogen and oxygen atoms in total. The lowest BCUT2D eigenvalue weighted by atomic mass is 9.75. The summed E-state index contributed by atoms with van der Waals surface area (Å²) in [6.07, 6.45) is 4.90. The minimum absolute atomic E-state index is 0.0620. The molecule has 1 aromatic carbocycles. The van der Waals surface area contributed by atoms with Gasteiger partial charge in [0.05, 0.1) is 11.3 Å². The molecule has 0 saturated heterocycles. The van der Waals surface area contributed by atoms with Gasteiger partial charge in [0.1, 0.15) is 0 Å². The number of carboxylic acids is 1. The number of amides is 1. The van der Waals surface area contributed by atoms with Crippen molar-refractivity contribution in [2.75, 3.05) is 11.1 Å². The zero-order chi connectivity index (χ0) is 14.8. The fraction of sp³-hybridized carbons (Fsp3) is 0.467. The van der Waals surface area contributed by atoms with Crippen LogP contribution in [-0.4, -0.2) is 17.0 Å². The number of carbonyl (C=O) groups is 2. The molecule has 20 heavy (non-hydrogen) atoms. The maximum atomic E-state index is 12.4. The van der Waals surface area contributed by atoms with Gasteiger partial charge in [-0.15, -0.1) is 0 Å². The van der Waals surface area contributed by atoms with Crippen LogP contribution in [0, 0.1) is 5.41 Å². The minimum atomic E-state index is -1.07. The van der Waals surface area contributed by atoms with Gasteiger partial charge in [0.15, 0.2) is 0 Å². The van der Waals surface area contributed by atoms with E-state index in [0.717, 1.165) is 32.1 Å². The lowest BCUT2D eigenvalue weighted by Crippen LogP contribution is -2.35. The Morgan fingerprint density at radius 1 is 1.25 bits per heavy atom. The number of nitrogen functional groups attached to an aromatic ring is 1. The SMILES string of the molecule is CC1(C(=O)Nc2cc(N)ccc2C(=O)O)CCCCC1. The summed E-state index contributed by atoms with van der Waals surface area (Å²) in [5.41, 5.74) is 6.02. The fourth-order valence-corrected chi connectivity index (χ4v) is 2.68. The molecule has 1 fully saturated rings. The van der Waals surface area contributed by atoms with Crippen LogP contribution < -0.4 is 11.1 Å². The summed E-state index contributed by atoms with van der Waals surface area (Å²) in [7, 11) is 0. The molecule has 1 aliphatic carbocycles. The molecule has 108 valence electrons. The van der Waals surface area contributed by atoms with E-state index in [-0.39, 0.29) is 17.2 Å². The first kappa shape index (κ1) is 14.4. The third-order valence-corrected chi connectivity index (χ3v) is 4.03. The molecule has 0 bridgehead atoms. The Hall–Kier alpha value is -2.04. The molecule has 0 aliphatic heterocycles. The molecule has 0 spiro atoms. The summed E-state index contributed by atoms with van der Waals surface area (Å²) in [4.78, 5) is 23.6. The maximum absolute atomic E-state index is 12.4.